The van der Waals surface area contributed by atoms with Gasteiger partial charge < -0.3 is 16.4 Å². The predicted molar refractivity (Wildman–Crippen MR) is 71.2 cm³/mol. The first-order valence-electron chi connectivity index (χ1n) is 6.02. The van der Waals surface area contributed by atoms with Gasteiger partial charge in [0, 0.05) is 17.8 Å². The van der Waals surface area contributed by atoms with Crippen LogP contribution in [0.5, 0.6) is 0 Å². The van der Waals surface area contributed by atoms with Gasteiger partial charge >= 0.3 is 12.2 Å². The summed E-state index contributed by atoms with van der Waals surface area (Å²) in [5, 5.41) is 5.15. The van der Waals surface area contributed by atoms with Gasteiger partial charge in [0.25, 0.3) is 0 Å². The number of hydrogen-bond acceptors (Lipinski definition) is 2. The molecule has 0 atom stereocenters. The third-order valence-electron chi connectivity index (χ3n) is 2.39. The van der Waals surface area contributed by atoms with Crippen LogP contribution in [-0.2, 0) is 12.7 Å². The quantitative estimate of drug-likeness (QED) is 0.783. The second-order valence-corrected chi connectivity index (χ2v) is 5.40. The molecule has 1 aromatic rings. The number of halogens is 3. The average Bonchev–Trinajstić information content (AvgIpc) is 2.25. The molecule has 0 aromatic heterocycles. The van der Waals surface area contributed by atoms with Crippen molar-refractivity contribution in [1.82, 2.24) is 5.32 Å². The van der Waals surface area contributed by atoms with Gasteiger partial charge in [-0.05, 0) is 44.5 Å². The van der Waals surface area contributed by atoms with Crippen molar-refractivity contribution in [3.05, 3.63) is 29.3 Å². The van der Waals surface area contributed by atoms with E-state index in [1.165, 1.54) is 6.07 Å². The van der Waals surface area contributed by atoms with E-state index in [1.54, 1.807) is 20.8 Å². The largest absolute Gasteiger partial charge is 0.416 e. The highest BCUT2D eigenvalue weighted by atomic mass is 19.4. The molecule has 0 heterocycles. The topological polar surface area (TPSA) is 67.2 Å². The molecule has 0 fully saturated rings. The molecule has 0 spiro atoms. The maximum absolute atomic E-state index is 12.6. The fourth-order valence-electron chi connectivity index (χ4n) is 1.56. The van der Waals surface area contributed by atoms with Crippen LogP contribution in [-0.4, -0.2) is 11.6 Å². The number of carbonyl (C=O) groups excluding carboxylic acids is 1. The zero-order valence-electron chi connectivity index (χ0n) is 11.6. The van der Waals surface area contributed by atoms with Gasteiger partial charge in [0.05, 0.1) is 5.56 Å². The summed E-state index contributed by atoms with van der Waals surface area (Å²) in [4.78, 5) is 11.7. The van der Waals surface area contributed by atoms with Crippen molar-refractivity contribution in [3.8, 4) is 0 Å². The number of alkyl halides is 3. The lowest BCUT2D eigenvalue weighted by Gasteiger charge is -2.21. The van der Waals surface area contributed by atoms with Crippen LogP contribution in [0, 0.1) is 0 Å². The van der Waals surface area contributed by atoms with Gasteiger partial charge in [-0.25, -0.2) is 4.79 Å². The van der Waals surface area contributed by atoms with Crippen LogP contribution < -0.4 is 16.4 Å². The summed E-state index contributed by atoms with van der Waals surface area (Å²) < 4.78 is 37.7. The molecule has 4 nitrogen and oxygen atoms in total. The molecule has 1 rings (SSSR count). The Hall–Kier alpha value is -1.76. The average molecular weight is 289 g/mol. The highest BCUT2D eigenvalue weighted by molar-refractivity contribution is 5.90. The van der Waals surface area contributed by atoms with E-state index in [0.29, 0.717) is 0 Å². The molecule has 0 radical (unpaired) electrons. The summed E-state index contributed by atoms with van der Waals surface area (Å²) in [7, 11) is 0. The van der Waals surface area contributed by atoms with Crippen molar-refractivity contribution >= 4 is 11.7 Å². The smallest absolute Gasteiger partial charge is 0.333 e. The molecule has 20 heavy (non-hydrogen) atoms. The van der Waals surface area contributed by atoms with Crippen molar-refractivity contribution in [2.45, 2.75) is 39.0 Å². The Morgan fingerprint density at radius 3 is 2.30 bits per heavy atom. The first-order valence-corrected chi connectivity index (χ1v) is 6.02. The van der Waals surface area contributed by atoms with Crippen LogP contribution in [0.1, 0.15) is 31.9 Å². The Kier molecular flexibility index (Phi) is 4.65. The number of urea groups is 1. The van der Waals surface area contributed by atoms with Crippen molar-refractivity contribution in [2.75, 3.05) is 5.32 Å². The highest BCUT2D eigenvalue weighted by Crippen LogP contribution is 2.31. The van der Waals surface area contributed by atoms with E-state index >= 15 is 0 Å². The number of nitrogens with two attached hydrogens (primary N) is 1. The fourth-order valence-corrected chi connectivity index (χ4v) is 1.56. The summed E-state index contributed by atoms with van der Waals surface area (Å²) in [5.41, 5.74) is 4.68. The van der Waals surface area contributed by atoms with Crippen LogP contribution in [0.2, 0.25) is 0 Å². The minimum Gasteiger partial charge on any atom is -0.333 e. The molecule has 0 aliphatic carbocycles. The number of hydrogen-bond donors (Lipinski definition) is 3. The van der Waals surface area contributed by atoms with E-state index in [0.717, 1.165) is 12.1 Å². The molecule has 112 valence electrons. The van der Waals surface area contributed by atoms with Crippen LogP contribution in [0.3, 0.4) is 0 Å². The van der Waals surface area contributed by atoms with E-state index in [-0.39, 0.29) is 17.8 Å². The number of amides is 2. The molecular formula is C13H18F3N3O. The summed E-state index contributed by atoms with van der Waals surface area (Å²) in [5.74, 6) is 0. The number of rotatable bonds is 2. The third-order valence-corrected chi connectivity index (χ3v) is 2.39. The van der Waals surface area contributed by atoms with Crippen molar-refractivity contribution in [1.29, 1.82) is 0 Å². The molecule has 0 saturated carbocycles. The zero-order chi connectivity index (χ0) is 15.6. The summed E-state index contributed by atoms with van der Waals surface area (Å²) in [6, 6.07) is 2.55. The molecule has 2 amide bonds. The van der Waals surface area contributed by atoms with E-state index in [9.17, 15) is 18.0 Å². The van der Waals surface area contributed by atoms with E-state index in [2.05, 4.69) is 10.6 Å². The monoisotopic (exact) mass is 289 g/mol. The number of benzene rings is 1. The molecule has 0 aliphatic rings. The van der Waals surface area contributed by atoms with Gasteiger partial charge in [-0.15, -0.1) is 0 Å². The fraction of sp³-hybridized carbons (Fsp3) is 0.462. The molecule has 0 saturated heterocycles. The summed E-state index contributed by atoms with van der Waals surface area (Å²) >= 11 is 0. The molecule has 0 aliphatic heterocycles. The second-order valence-electron chi connectivity index (χ2n) is 5.40. The maximum Gasteiger partial charge on any atom is 0.416 e. The maximum atomic E-state index is 12.6. The van der Waals surface area contributed by atoms with Crippen LogP contribution in [0.15, 0.2) is 18.2 Å². The summed E-state index contributed by atoms with van der Waals surface area (Å²) in [6.45, 7) is 5.28. The lowest BCUT2D eigenvalue weighted by Crippen LogP contribution is -2.43. The normalized spacial score (nSPS) is 12.2. The Morgan fingerprint density at radius 1 is 1.25 bits per heavy atom. The molecule has 1 aromatic carbocycles. The van der Waals surface area contributed by atoms with Gasteiger partial charge in [0.15, 0.2) is 0 Å². The lowest BCUT2D eigenvalue weighted by atomic mass is 10.1. The van der Waals surface area contributed by atoms with Crippen LogP contribution >= 0.6 is 0 Å². The van der Waals surface area contributed by atoms with Gasteiger partial charge in [-0.2, -0.15) is 13.2 Å². The number of anilines is 1. The standard InChI is InChI=1S/C13H18F3N3O/c1-12(2,3)19-11(20)18-10-5-4-9(13(14,15)16)6-8(10)7-17/h4-6H,7,17H2,1-3H3,(H2,18,19,20). The molecule has 7 heteroatoms. The van der Waals surface area contributed by atoms with Crippen molar-refractivity contribution in [3.63, 3.8) is 0 Å². The van der Waals surface area contributed by atoms with Crippen LogP contribution in [0.25, 0.3) is 0 Å². The number of nitrogens with one attached hydrogen (secondary N) is 2. The Bertz CT molecular complexity index is 493. The molecule has 0 unspecified atom stereocenters. The molecular weight excluding hydrogens is 271 g/mol. The van der Waals surface area contributed by atoms with Gasteiger partial charge in [-0.1, -0.05) is 0 Å². The molecule has 0 bridgehead atoms. The van der Waals surface area contributed by atoms with Gasteiger partial charge in [0.2, 0.25) is 0 Å². The van der Waals surface area contributed by atoms with E-state index in [4.69, 9.17) is 5.73 Å². The van der Waals surface area contributed by atoms with Crippen molar-refractivity contribution < 1.29 is 18.0 Å². The second kappa shape index (κ2) is 5.70. The van der Waals surface area contributed by atoms with E-state index < -0.39 is 23.3 Å². The number of carbonyl (C=O) groups is 1. The Labute approximate surface area is 115 Å². The molecule has 4 N–H and O–H groups in total. The third kappa shape index (κ3) is 4.73. The predicted octanol–water partition coefficient (Wildman–Crippen LogP) is 3.08. The lowest BCUT2D eigenvalue weighted by molar-refractivity contribution is -0.137. The van der Waals surface area contributed by atoms with Crippen LogP contribution in [0.4, 0.5) is 23.7 Å². The van der Waals surface area contributed by atoms with Gasteiger partial charge in [0.1, 0.15) is 0 Å². The zero-order valence-corrected chi connectivity index (χ0v) is 11.6. The highest BCUT2D eigenvalue weighted by Gasteiger charge is 2.31. The minimum atomic E-state index is -4.43. The van der Waals surface area contributed by atoms with Crippen molar-refractivity contribution in [2.24, 2.45) is 5.73 Å². The Morgan fingerprint density at radius 2 is 1.85 bits per heavy atom. The SMILES string of the molecule is CC(C)(C)NC(=O)Nc1ccc(C(F)(F)F)cc1CN. The van der Waals surface area contributed by atoms with E-state index in [1.807, 2.05) is 0 Å². The Balaban J connectivity index is 2.94. The first-order chi connectivity index (χ1) is 9.03. The summed E-state index contributed by atoms with van der Waals surface area (Å²) in [6.07, 6.45) is -4.43. The first kappa shape index (κ1) is 16.3. The van der Waals surface area contributed by atoms with Gasteiger partial charge in [-0.3, -0.25) is 0 Å². The minimum absolute atomic E-state index is 0.102.